The average molecular weight is 358 g/mol. The monoisotopic (exact) mass is 358 g/mol. The smallest absolute Gasteiger partial charge is 0.359 e. The van der Waals surface area contributed by atoms with Gasteiger partial charge in [0.05, 0.1) is 5.69 Å². The lowest BCUT2D eigenvalue weighted by molar-refractivity contribution is -0.144. The van der Waals surface area contributed by atoms with E-state index in [-0.39, 0.29) is 17.4 Å². The van der Waals surface area contributed by atoms with Crippen LogP contribution in [0.25, 0.3) is 0 Å². The van der Waals surface area contributed by atoms with Crippen LogP contribution in [0.15, 0.2) is 83.2 Å². The zero-order valence-corrected chi connectivity index (χ0v) is 14.0. The highest BCUT2D eigenvalue weighted by molar-refractivity contribution is 6.14. The number of amidine groups is 2. The van der Waals surface area contributed by atoms with Crippen molar-refractivity contribution >= 4 is 17.6 Å². The number of hydrogen-bond donors (Lipinski definition) is 2. The Morgan fingerprint density at radius 1 is 0.852 bits per heavy atom. The molecule has 0 bridgehead atoms. The summed E-state index contributed by atoms with van der Waals surface area (Å²) in [5, 5.41) is 13.0. The lowest BCUT2D eigenvalue weighted by Gasteiger charge is -2.30. The van der Waals surface area contributed by atoms with Crippen LogP contribution in [0.3, 0.4) is 0 Å². The molecule has 0 aliphatic carbocycles. The molecule has 4 rings (SSSR count). The number of rotatable bonds is 4. The minimum Gasteiger partial charge on any atom is -0.478 e. The van der Waals surface area contributed by atoms with E-state index in [4.69, 9.17) is 0 Å². The van der Waals surface area contributed by atoms with Gasteiger partial charge in [-0.25, -0.2) is 14.8 Å². The molecule has 0 spiro atoms. The first-order valence-corrected chi connectivity index (χ1v) is 8.13. The van der Waals surface area contributed by atoms with Crippen LogP contribution in [0.5, 0.6) is 0 Å². The summed E-state index contributed by atoms with van der Waals surface area (Å²) < 4.78 is 0. The second-order valence-electron chi connectivity index (χ2n) is 5.68. The van der Waals surface area contributed by atoms with E-state index in [9.17, 15) is 9.90 Å². The number of carbonyl (C=O) groups is 1. The topological polar surface area (TPSA) is 113 Å². The molecule has 1 atom stereocenters. The highest BCUT2D eigenvalue weighted by Gasteiger charge is 2.46. The van der Waals surface area contributed by atoms with Gasteiger partial charge >= 0.3 is 5.97 Å². The maximum atomic E-state index is 12.3. The van der Waals surface area contributed by atoms with Crippen LogP contribution >= 0.6 is 0 Å². The summed E-state index contributed by atoms with van der Waals surface area (Å²) in [6, 6.07) is 15.6. The molecule has 1 aliphatic heterocycles. The van der Waals surface area contributed by atoms with Crippen LogP contribution in [-0.4, -0.2) is 37.7 Å². The van der Waals surface area contributed by atoms with E-state index in [0.717, 1.165) is 0 Å². The van der Waals surface area contributed by atoms with Crippen molar-refractivity contribution in [2.24, 2.45) is 9.98 Å². The predicted octanol–water partition coefficient (Wildman–Crippen LogP) is 1.61. The quantitative estimate of drug-likeness (QED) is 0.733. The molecule has 132 valence electrons. The first-order valence-electron chi connectivity index (χ1n) is 8.13. The normalized spacial score (nSPS) is 18.8. The largest absolute Gasteiger partial charge is 0.478 e. The summed E-state index contributed by atoms with van der Waals surface area (Å²) >= 11 is 0. The van der Waals surface area contributed by atoms with Gasteiger partial charge in [0.15, 0.2) is 11.7 Å². The fourth-order valence-corrected chi connectivity index (χ4v) is 2.66. The Labute approximate surface area is 154 Å². The van der Waals surface area contributed by atoms with Crippen LogP contribution in [0, 0.1) is 0 Å². The molecule has 27 heavy (non-hydrogen) atoms. The van der Waals surface area contributed by atoms with Crippen LogP contribution < -0.4 is 5.32 Å². The van der Waals surface area contributed by atoms with E-state index in [1.807, 2.05) is 0 Å². The summed E-state index contributed by atoms with van der Waals surface area (Å²) in [5.74, 6) is -0.750. The van der Waals surface area contributed by atoms with Gasteiger partial charge < -0.3 is 10.4 Å². The Balaban J connectivity index is 1.94. The number of carboxylic acid groups (broad SMARTS) is 1. The van der Waals surface area contributed by atoms with Gasteiger partial charge in [-0.15, -0.1) is 0 Å². The Bertz CT molecular complexity index is 1020. The summed E-state index contributed by atoms with van der Waals surface area (Å²) in [5.41, 5.74) is -0.673. The first kappa shape index (κ1) is 16.5. The Morgan fingerprint density at radius 3 is 2.04 bits per heavy atom. The molecule has 0 saturated heterocycles. The van der Waals surface area contributed by atoms with Crippen molar-refractivity contribution in [1.29, 1.82) is 0 Å². The summed E-state index contributed by atoms with van der Waals surface area (Å²) in [7, 11) is 0. The van der Waals surface area contributed by atoms with Crippen LogP contribution in [0.4, 0.5) is 0 Å². The minimum absolute atomic E-state index is 0.183. The third-order valence-corrected chi connectivity index (χ3v) is 3.94. The Hall–Kier alpha value is -3.94. The van der Waals surface area contributed by atoms with Gasteiger partial charge in [-0.1, -0.05) is 18.2 Å². The molecule has 1 unspecified atom stereocenters. The lowest BCUT2D eigenvalue weighted by Crippen LogP contribution is -2.54. The van der Waals surface area contributed by atoms with Crippen molar-refractivity contribution in [3.05, 3.63) is 90.3 Å². The maximum Gasteiger partial charge on any atom is 0.359 e. The molecule has 0 amide bonds. The molecule has 0 radical (unpaired) electrons. The number of aliphatic carboxylic acids is 1. The van der Waals surface area contributed by atoms with Crippen molar-refractivity contribution in [3.63, 3.8) is 0 Å². The van der Waals surface area contributed by atoms with Gasteiger partial charge in [-0.2, -0.15) is 0 Å². The molecule has 0 saturated carbocycles. The van der Waals surface area contributed by atoms with Gasteiger partial charge in [0.1, 0.15) is 11.4 Å². The van der Waals surface area contributed by atoms with E-state index >= 15 is 0 Å². The highest BCUT2D eigenvalue weighted by Crippen LogP contribution is 2.26. The number of aliphatic imine (C=N–C) groups is 2. The summed E-state index contributed by atoms with van der Waals surface area (Å²) in [6.45, 7) is 0. The molecule has 3 aromatic rings. The van der Waals surface area contributed by atoms with E-state index in [1.165, 1.54) is 6.20 Å². The number of nitrogens with zero attached hydrogens (tertiary/aromatic N) is 5. The number of carboxylic acids is 1. The zero-order chi connectivity index (χ0) is 18.7. The summed E-state index contributed by atoms with van der Waals surface area (Å²) in [4.78, 5) is 33.9. The fourth-order valence-electron chi connectivity index (χ4n) is 2.66. The zero-order valence-electron chi connectivity index (χ0n) is 14.0. The highest BCUT2D eigenvalue weighted by atomic mass is 16.4. The van der Waals surface area contributed by atoms with Gasteiger partial charge in [0.2, 0.25) is 0 Å². The molecule has 3 aromatic heterocycles. The number of hydrogen-bond acceptors (Lipinski definition) is 7. The van der Waals surface area contributed by atoms with Crippen molar-refractivity contribution in [1.82, 2.24) is 20.3 Å². The second-order valence-corrected chi connectivity index (χ2v) is 5.68. The molecule has 1 aliphatic rings. The van der Waals surface area contributed by atoms with E-state index in [0.29, 0.717) is 11.4 Å². The maximum absolute atomic E-state index is 12.3. The first-order chi connectivity index (χ1) is 13.2. The van der Waals surface area contributed by atoms with E-state index < -0.39 is 11.6 Å². The predicted molar refractivity (Wildman–Crippen MR) is 98.2 cm³/mol. The SMILES string of the molecule is O=C(O)C1(c2ccccn2)N=C(c2ccccn2)N=C(c2ccccn2)N1. The van der Waals surface area contributed by atoms with Crippen molar-refractivity contribution in [2.75, 3.05) is 0 Å². The standard InChI is InChI=1S/C19H14N6O2/c26-18(27)19(15-9-3-6-12-22-15)24-16(13-7-1-4-10-20-13)23-17(25-19)14-8-2-5-11-21-14/h1-12H,(H,26,27)(H,23,24,25). The Kier molecular flexibility index (Phi) is 4.13. The van der Waals surface area contributed by atoms with Crippen molar-refractivity contribution in [3.8, 4) is 0 Å². The van der Waals surface area contributed by atoms with Gasteiger partial charge in [-0.3, -0.25) is 15.0 Å². The van der Waals surface area contributed by atoms with Gasteiger partial charge in [0.25, 0.3) is 5.66 Å². The third-order valence-electron chi connectivity index (χ3n) is 3.94. The molecule has 8 heteroatoms. The van der Waals surface area contributed by atoms with Crippen LogP contribution in [0.2, 0.25) is 0 Å². The molecule has 0 fully saturated rings. The Morgan fingerprint density at radius 2 is 1.48 bits per heavy atom. The van der Waals surface area contributed by atoms with E-state index in [2.05, 4.69) is 30.3 Å². The minimum atomic E-state index is -1.84. The molecule has 8 nitrogen and oxygen atoms in total. The van der Waals surface area contributed by atoms with Crippen LogP contribution in [0.1, 0.15) is 17.1 Å². The van der Waals surface area contributed by atoms with Gasteiger partial charge in [0, 0.05) is 18.6 Å². The average Bonchev–Trinajstić information content (AvgIpc) is 2.75. The van der Waals surface area contributed by atoms with E-state index in [1.54, 1.807) is 67.0 Å². The number of nitrogens with one attached hydrogen (secondary N) is 1. The van der Waals surface area contributed by atoms with Gasteiger partial charge in [-0.05, 0) is 36.4 Å². The van der Waals surface area contributed by atoms with Crippen LogP contribution in [-0.2, 0) is 10.5 Å². The second kappa shape index (κ2) is 6.75. The fraction of sp³-hybridized carbons (Fsp3) is 0.0526. The molecule has 4 heterocycles. The number of aromatic nitrogens is 3. The molecule has 2 N–H and O–H groups in total. The number of pyridine rings is 3. The lowest BCUT2D eigenvalue weighted by atomic mass is 10.0. The molecule has 0 aromatic carbocycles. The molecular formula is C19H14N6O2. The molecular weight excluding hydrogens is 344 g/mol. The van der Waals surface area contributed by atoms with Crippen molar-refractivity contribution < 1.29 is 9.90 Å². The summed E-state index contributed by atoms with van der Waals surface area (Å²) in [6.07, 6.45) is 4.72. The van der Waals surface area contributed by atoms with Crippen molar-refractivity contribution in [2.45, 2.75) is 5.66 Å². The third kappa shape index (κ3) is 3.04.